The Morgan fingerprint density at radius 1 is 1.28 bits per heavy atom. The van der Waals surface area contributed by atoms with Crippen LogP contribution in [-0.4, -0.2) is 12.6 Å². The summed E-state index contributed by atoms with van der Waals surface area (Å²) >= 11 is 0. The normalized spacial score (nSPS) is 20.1. The van der Waals surface area contributed by atoms with E-state index in [1.54, 1.807) is 11.1 Å². The molecular weight excluding hydrogens is 218 g/mol. The monoisotopic (exact) mass is 245 g/mol. The smallest absolute Gasteiger partial charge is 0.0139 e. The molecule has 1 aliphatic rings. The lowest BCUT2D eigenvalue weighted by molar-refractivity contribution is 0.301. The molecule has 1 aliphatic carbocycles. The van der Waals surface area contributed by atoms with Crippen molar-refractivity contribution in [2.75, 3.05) is 6.54 Å². The maximum atomic E-state index is 3.70. The SMILES string of the molecule is CCNC(CCC(C)(C)C)C1Cc2ccccc21. The first kappa shape index (κ1) is 13.6. The highest BCUT2D eigenvalue weighted by Crippen LogP contribution is 2.39. The van der Waals surface area contributed by atoms with Crippen LogP contribution < -0.4 is 5.32 Å². The van der Waals surface area contributed by atoms with Crippen LogP contribution in [0.2, 0.25) is 0 Å². The Hall–Kier alpha value is -0.820. The van der Waals surface area contributed by atoms with Gasteiger partial charge in [0.15, 0.2) is 0 Å². The van der Waals surface area contributed by atoms with Crippen molar-refractivity contribution in [3.63, 3.8) is 0 Å². The zero-order valence-corrected chi connectivity index (χ0v) is 12.3. The standard InChI is InChI=1S/C17H27N/c1-5-18-16(10-11-17(2,3)4)15-12-13-8-6-7-9-14(13)15/h6-9,15-16,18H,5,10-12H2,1-4H3. The fraction of sp³-hybridized carbons (Fsp3) is 0.647. The van der Waals surface area contributed by atoms with Crippen LogP contribution in [0.3, 0.4) is 0 Å². The van der Waals surface area contributed by atoms with Gasteiger partial charge in [-0.05, 0) is 42.3 Å². The van der Waals surface area contributed by atoms with Crippen molar-refractivity contribution in [3.8, 4) is 0 Å². The van der Waals surface area contributed by atoms with Crippen molar-refractivity contribution >= 4 is 0 Å². The van der Waals surface area contributed by atoms with Crippen LogP contribution in [0.15, 0.2) is 24.3 Å². The highest BCUT2D eigenvalue weighted by Gasteiger charge is 2.32. The Morgan fingerprint density at radius 2 is 2.00 bits per heavy atom. The molecule has 0 bridgehead atoms. The maximum Gasteiger partial charge on any atom is 0.0139 e. The van der Waals surface area contributed by atoms with E-state index in [2.05, 4.69) is 57.3 Å². The van der Waals surface area contributed by atoms with Crippen LogP contribution in [0.4, 0.5) is 0 Å². The Kier molecular flexibility index (Phi) is 4.11. The first-order valence-electron chi connectivity index (χ1n) is 7.32. The van der Waals surface area contributed by atoms with E-state index in [4.69, 9.17) is 0 Å². The van der Waals surface area contributed by atoms with Crippen LogP contribution in [-0.2, 0) is 6.42 Å². The zero-order valence-electron chi connectivity index (χ0n) is 12.3. The molecule has 0 spiro atoms. The van der Waals surface area contributed by atoms with Gasteiger partial charge in [0.1, 0.15) is 0 Å². The summed E-state index contributed by atoms with van der Waals surface area (Å²) in [5.41, 5.74) is 3.58. The summed E-state index contributed by atoms with van der Waals surface area (Å²) in [5, 5.41) is 3.70. The summed E-state index contributed by atoms with van der Waals surface area (Å²) in [4.78, 5) is 0. The summed E-state index contributed by atoms with van der Waals surface area (Å²) in [6, 6.07) is 9.58. The number of rotatable bonds is 5. The summed E-state index contributed by atoms with van der Waals surface area (Å²) in [5.74, 6) is 0.739. The molecule has 1 aromatic carbocycles. The van der Waals surface area contributed by atoms with E-state index < -0.39 is 0 Å². The summed E-state index contributed by atoms with van der Waals surface area (Å²) < 4.78 is 0. The summed E-state index contributed by atoms with van der Waals surface area (Å²) in [6.45, 7) is 10.3. The van der Waals surface area contributed by atoms with Crippen molar-refractivity contribution in [3.05, 3.63) is 35.4 Å². The number of hydrogen-bond acceptors (Lipinski definition) is 1. The van der Waals surface area contributed by atoms with Crippen molar-refractivity contribution < 1.29 is 0 Å². The lowest BCUT2D eigenvalue weighted by atomic mass is 9.71. The molecule has 2 unspecified atom stereocenters. The highest BCUT2D eigenvalue weighted by molar-refractivity contribution is 5.41. The van der Waals surface area contributed by atoms with Crippen LogP contribution in [0.5, 0.6) is 0 Å². The van der Waals surface area contributed by atoms with E-state index in [0.717, 1.165) is 12.5 Å². The number of fused-ring (bicyclic) bond motifs is 1. The second-order valence-electron chi connectivity index (χ2n) is 6.77. The fourth-order valence-corrected chi connectivity index (χ4v) is 2.95. The Bertz CT molecular complexity index is 389. The van der Waals surface area contributed by atoms with E-state index in [1.807, 2.05) is 0 Å². The Morgan fingerprint density at radius 3 is 2.61 bits per heavy atom. The quantitative estimate of drug-likeness (QED) is 0.822. The zero-order chi connectivity index (χ0) is 13.2. The van der Waals surface area contributed by atoms with Crippen LogP contribution in [0, 0.1) is 5.41 Å². The highest BCUT2D eigenvalue weighted by atomic mass is 14.9. The predicted octanol–water partition coefficient (Wildman–Crippen LogP) is 4.13. The molecule has 0 amide bonds. The van der Waals surface area contributed by atoms with Gasteiger partial charge in [-0.1, -0.05) is 52.0 Å². The van der Waals surface area contributed by atoms with Crippen LogP contribution >= 0.6 is 0 Å². The number of benzene rings is 1. The topological polar surface area (TPSA) is 12.0 Å². The Labute approximate surface area is 112 Å². The lowest BCUT2D eigenvalue weighted by Crippen LogP contribution is -2.40. The van der Waals surface area contributed by atoms with Gasteiger partial charge in [-0.2, -0.15) is 0 Å². The van der Waals surface area contributed by atoms with Gasteiger partial charge >= 0.3 is 0 Å². The van der Waals surface area contributed by atoms with E-state index in [0.29, 0.717) is 11.5 Å². The molecule has 1 heteroatoms. The van der Waals surface area contributed by atoms with E-state index >= 15 is 0 Å². The molecule has 0 heterocycles. The van der Waals surface area contributed by atoms with Gasteiger partial charge in [0.2, 0.25) is 0 Å². The van der Waals surface area contributed by atoms with Crippen molar-refractivity contribution in [1.29, 1.82) is 0 Å². The van der Waals surface area contributed by atoms with E-state index in [-0.39, 0.29) is 0 Å². The van der Waals surface area contributed by atoms with Gasteiger partial charge < -0.3 is 5.32 Å². The van der Waals surface area contributed by atoms with Crippen LogP contribution in [0.25, 0.3) is 0 Å². The molecular formula is C17H27N. The summed E-state index contributed by atoms with van der Waals surface area (Å²) in [6.07, 6.45) is 3.84. The number of hydrogen-bond donors (Lipinski definition) is 1. The molecule has 2 atom stereocenters. The largest absolute Gasteiger partial charge is 0.314 e. The van der Waals surface area contributed by atoms with Gasteiger partial charge in [0.05, 0.1) is 0 Å². The molecule has 1 nitrogen and oxygen atoms in total. The molecule has 18 heavy (non-hydrogen) atoms. The molecule has 1 aromatic rings. The fourth-order valence-electron chi connectivity index (χ4n) is 2.95. The molecule has 1 N–H and O–H groups in total. The number of likely N-dealkylation sites (N-methyl/N-ethyl adjacent to an activating group) is 1. The molecule has 0 aliphatic heterocycles. The van der Waals surface area contributed by atoms with Gasteiger partial charge in [0.25, 0.3) is 0 Å². The van der Waals surface area contributed by atoms with E-state index in [1.165, 1.54) is 19.3 Å². The summed E-state index contributed by atoms with van der Waals surface area (Å²) in [7, 11) is 0. The molecule has 0 fully saturated rings. The minimum Gasteiger partial charge on any atom is -0.314 e. The van der Waals surface area contributed by atoms with Crippen LogP contribution in [0.1, 0.15) is 57.6 Å². The molecule has 0 saturated carbocycles. The third-order valence-corrected chi connectivity index (χ3v) is 4.05. The third-order valence-electron chi connectivity index (χ3n) is 4.05. The van der Waals surface area contributed by atoms with Gasteiger partial charge in [-0.3, -0.25) is 0 Å². The van der Waals surface area contributed by atoms with Gasteiger partial charge in [0, 0.05) is 12.0 Å². The van der Waals surface area contributed by atoms with Crippen molar-refractivity contribution in [1.82, 2.24) is 5.32 Å². The minimum atomic E-state index is 0.441. The lowest BCUT2D eigenvalue weighted by Gasteiger charge is -2.38. The second-order valence-corrected chi connectivity index (χ2v) is 6.77. The predicted molar refractivity (Wildman–Crippen MR) is 79.0 cm³/mol. The first-order chi connectivity index (χ1) is 8.51. The maximum absolute atomic E-state index is 3.70. The third kappa shape index (κ3) is 3.14. The molecule has 100 valence electrons. The van der Waals surface area contributed by atoms with Crippen molar-refractivity contribution in [2.24, 2.45) is 5.41 Å². The molecule has 2 rings (SSSR count). The minimum absolute atomic E-state index is 0.441. The number of nitrogens with one attached hydrogen (secondary N) is 1. The first-order valence-corrected chi connectivity index (χ1v) is 7.32. The molecule has 0 saturated heterocycles. The van der Waals surface area contributed by atoms with Gasteiger partial charge in [-0.25, -0.2) is 0 Å². The average molecular weight is 245 g/mol. The molecule has 0 radical (unpaired) electrons. The Balaban J connectivity index is 2.00. The second kappa shape index (κ2) is 5.44. The van der Waals surface area contributed by atoms with E-state index in [9.17, 15) is 0 Å². The van der Waals surface area contributed by atoms with Crippen molar-refractivity contribution in [2.45, 2.75) is 58.9 Å². The average Bonchev–Trinajstić information content (AvgIpc) is 2.26. The molecule has 0 aromatic heterocycles. The van der Waals surface area contributed by atoms with Gasteiger partial charge in [-0.15, -0.1) is 0 Å².